The number of amides is 1. The van der Waals surface area contributed by atoms with Crippen molar-refractivity contribution >= 4 is 5.91 Å². The summed E-state index contributed by atoms with van der Waals surface area (Å²) in [6.45, 7) is 4.41. The molecule has 1 aliphatic heterocycles. The summed E-state index contributed by atoms with van der Waals surface area (Å²) in [5.41, 5.74) is 0. The van der Waals surface area contributed by atoms with Crippen LogP contribution in [0.2, 0.25) is 0 Å². The maximum absolute atomic E-state index is 11.4. The Hall–Kier alpha value is -0.650. The predicted octanol–water partition coefficient (Wildman–Crippen LogP) is 0.545. The summed E-state index contributed by atoms with van der Waals surface area (Å²) >= 11 is 0. The molecule has 0 aromatic rings. The van der Waals surface area contributed by atoms with Crippen LogP contribution in [-0.2, 0) is 14.3 Å². The molecule has 1 rings (SSSR count). The predicted molar refractivity (Wildman–Crippen MR) is 70.5 cm³/mol. The molecule has 1 unspecified atom stereocenters. The Labute approximate surface area is 110 Å². The highest BCUT2D eigenvalue weighted by Gasteiger charge is 2.12. The number of methoxy groups -OCH3 is 1. The Kier molecular flexibility index (Phi) is 8.81. The molecule has 106 valence electrons. The van der Waals surface area contributed by atoms with Crippen LogP contribution in [0, 0.1) is 5.92 Å². The van der Waals surface area contributed by atoms with E-state index in [9.17, 15) is 4.79 Å². The Bertz CT molecular complexity index is 218. The minimum Gasteiger partial charge on any atom is -0.385 e. The Balaban J connectivity index is 1.88. The van der Waals surface area contributed by atoms with Gasteiger partial charge in [0, 0.05) is 26.9 Å². The summed E-state index contributed by atoms with van der Waals surface area (Å²) in [7, 11) is 1.66. The van der Waals surface area contributed by atoms with Crippen molar-refractivity contribution in [3.05, 3.63) is 0 Å². The van der Waals surface area contributed by atoms with E-state index in [0.29, 0.717) is 25.7 Å². The smallest absolute Gasteiger partial charge is 0.245 e. The Morgan fingerprint density at radius 2 is 2.33 bits per heavy atom. The lowest BCUT2D eigenvalue weighted by atomic mass is 9.97. The quantitative estimate of drug-likeness (QED) is 0.593. The van der Waals surface area contributed by atoms with Crippen molar-refractivity contribution < 1.29 is 14.3 Å². The van der Waals surface area contributed by atoms with Gasteiger partial charge < -0.3 is 20.1 Å². The number of ether oxygens (including phenoxy) is 2. The number of piperidine rings is 1. The lowest BCUT2D eigenvalue weighted by molar-refractivity contribution is -0.125. The molecular formula is C13H26N2O3. The number of carbonyl (C=O) groups excluding carboxylic acids is 1. The summed E-state index contributed by atoms with van der Waals surface area (Å²) in [6, 6.07) is 0. The molecule has 0 radical (unpaired) electrons. The van der Waals surface area contributed by atoms with E-state index in [2.05, 4.69) is 10.6 Å². The second-order valence-electron chi connectivity index (χ2n) is 4.75. The zero-order valence-corrected chi connectivity index (χ0v) is 11.4. The molecule has 1 saturated heterocycles. The fourth-order valence-electron chi connectivity index (χ4n) is 2.08. The van der Waals surface area contributed by atoms with Crippen LogP contribution in [0.4, 0.5) is 0 Å². The van der Waals surface area contributed by atoms with Gasteiger partial charge in [-0.25, -0.2) is 0 Å². The maximum Gasteiger partial charge on any atom is 0.245 e. The first kappa shape index (κ1) is 15.4. The second-order valence-corrected chi connectivity index (χ2v) is 4.75. The van der Waals surface area contributed by atoms with Crippen LogP contribution in [0.1, 0.15) is 25.7 Å². The summed E-state index contributed by atoms with van der Waals surface area (Å²) < 4.78 is 10.3. The van der Waals surface area contributed by atoms with Crippen molar-refractivity contribution in [2.24, 2.45) is 5.92 Å². The first-order valence-electron chi connectivity index (χ1n) is 6.87. The van der Waals surface area contributed by atoms with Crippen LogP contribution >= 0.6 is 0 Å². The van der Waals surface area contributed by atoms with Crippen molar-refractivity contribution in [2.45, 2.75) is 25.7 Å². The SMILES string of the molecule is COCCCNC(=O)COCCC1CCCNC1. The second kappa shape index (κ2) is 10.3. The van der Waals surface area contributed by atoms with Crippen LogP contribution < -0.4 is 10.6 Å². The largest absolute Gasteiger partial charge is 0.385 e. The van der Waals surface area contributed by atoms with Gasteiger partial charge in [0.25, 0.3) is 0 Å². The fourth-order valence-corrected chi connectivity index (χ4v) is 2.08. The average molecular weight is 258 g/mol. The highest BCUT2D eigenvalue weighted by atomic mass is 16.5. The topological polar surface area (TPSA) is 59.6 Å². The van der Waals surface area contributed by atoms with Crippen LogP contribution in [0.5, 0.6) is 0 Å². The van der Waals surface area contributed by atoms with Crippen LogP contribution in [-0.4, -0.2) is 52.5 Å². The molecule has 1 fully saturated rings. The van der Waals surface area contributed by atoms with Gasteiger partial charge in [0.15, 0.2) is 0 Å². The highest BCUT2D eigenvalue weighted by molar-refractivity contribution is 5.77. The molecule has 1 heterocycles. The van der Waals surface area contributed by atoms with Crippen molar-refractivity contribution in [2.75, 3.05) is 46.6 Å². The Morgan fingerprint density at radius 3 is 3.06 bits per heavy atom. The van der Waals surface area contributed by atoms with Gasteiger partial charge in [-0.2, -0.15) is 0 Å². The van der Waals surface area contributed by atoms with E-state index < -0.39 is 0 Å². The molecule has 0 bridgehead atoms. The number of carbonyl (C=O) groups is 1. The molecule has 5 heteroatoms. The minimum atomic E-state index is -0.0344. The first-order valence-corrected chi connectivity index (χ1v) is 6.87. The Morgan fingerprint density at radius 1 is 1.44 bits per heavy atom. The van der Waals surface area contributed by atoms with E-state index in [1.807, 2.05) is 0 Å². The van der Waals surface area contributed by atoms with Crippen LogP contribution in [0.3, 0.4) is 0 Å². The van der Waals surface area contributed by atoms with Crippen LogP contribution in [0.15, 0.2) is 0 Å². The number of hydrogen-bond donors (Lipinski definition) is 2. The van der Waals surface area contributed by atoms with Gasteiger partial charge in [0.2, 0.25) is 5.91 Å². The highest BCUT2D eigenvalue weighted by Crippen LogP contribution is 2.13. The molecule has 0 saturated carbocycles. The molecule has 0 spiro atoms. The molecule has 1 amide bonds. The monoisotopic (exact) mass is 258 g/mol. The van der Waals surface area contributed by atoms with E-state index in [-0.39, 0.29) is 12.5 Å². The molecule has 0 aromatic heterocycles. The third kappa shape index (κ3) is 7.63. The number of nitrogens with one attached hydrogen (secondary N) is 2. The molecule has 18 heavy (non-hydrogen) atoms. The summed E-state index contributed by atoms with van der Waals surface area (Å²) in [5.74, 6) is 0.677. The normalized spacial score (nSPS) is 19.7. The molecule has 1 atom stereocenters. The van der Waals surface area contributed by atoms with Gasteiger partial charge in [-0.15, -0.1) is 0 Å². The van der Waals surface area contributed by atoms with E-state index >= 15 is 0 Å². The molecular weight excluding hydrogens is 232 g/mol. The summed E-state index contributed by atoms with van der Waals surface area (Å²) in [4.78, 5) is 11.4. The van der Waals surface area contributed by atoms with Crippen molar-refractivity contribution in [1.29, 1.82) is 0 Å². The third-order valence-electron chi connectivity index (χ3n) is 3.15. The zero-order valence-electron chi connectivity index (χ0n) is 11.4. The third-order valence-corrected chi connectivity index (χ3v) is 3.15. The van der Waals surface area contributed by atoms with Crippen molar-refractivity contribution in [3.8, 4) is 0 Å². The summed E-state index contributed by atoms with van der Waals surface area (Å²) in [6.07, 6.45) is 4.42. The van der Waals surface area contributed by atoms with E-state index in [4.69, 9.17) is 9.47 Å². The molecule has 0 aromatic carbocycles. The van der Waals surface area contributed by atoms with Crippen molar-refractivity contribution in [1.82, 2.24) is 10.6 Å². The van der Waals surface area contributed by atoms with E-state index in [1.54, 1.807) is 7.11 Å². The minimum absolute atomic E-state index is 0.0344. The average Bonchev–Trinajstić information content (AvgIpc) is 2.41. The lowest BCUT2D eigenvalue weighted by Gasteiger charge is -2.22. The molecule has 0 aliphatic carbocycles. The van der Waals surface area contributed by atoms with E-state index in [0.717, 1.165) is 25.9 Å². The lowest BCUT2D eigenvalue weighted by Crippen LogP contribution is -2.31. The molecule has 1 aliphatic rings. The van der Waals surface area contributed by atoms with Gasteiger partial charge in [-0.1, -0.05) is 0 Å². The van der Waals surface area contributed by atoms with Crippen LogP contribution in [0.25, 0.3) is 0 Å². The number of rotatable bonds is 9. The maximum atomic E-state index is 11.4. The zero-order chi connectivity index (χ0) is 13.1. The van der Waals surface area contributed by atoms with Gasteiger partial charge in [-0.05, 0) is 44.7 Å². The molecule has 2 N–H and O–H groups in total. The number of hydrogen-bond acceptors (Lipinski definition) is 4. The van der Waals surface area contributed by atoms with Gasteiger partial charge in [0.1, 0.15) is 6.61 Å². The summed E-state index contributed by atoms with van der Waals surface area (Å²) in [5, 5.41) is 6.18. The van der Waals surface area contributed by atoms with E-state index in [1.165, 1.54) is 12.8 Å². The van der Waals surface area contributed by atoms with Gasteiger partial charge in [0.05, 0.1) is 0 Å². The standard InChI is InChI=1S/C13H26N2O3/c1-17-8-3-7-15-13(16)11-18-9-5-12-4-2-6-14-10-12/h12,14H,2-11H2,1H3,(H,15,16). The fraction of sp³-hybridized carbons (Fsp3) is 0.923. The van der Waals surface area contributed by atoms with Gasteiger partial charge >= 0.3 is 0 Å². The van der Waals surface area contributed by atoms with Gasteiger partial charge in [-0.3, -0.25) is 4.79 Å². The van der Waals surface area contributed by atoms with Crippen molar-refractivity contribution in [3.63, 3.8) is 0 Å². The molecule has 5 nitrogen and oxygen atoms in total. The first-order chi connectivity index (χ1) is 8.83.